The first-order valence-corrected chi connectivity index (χ1v) is 9.27. The van der Waals surface area contributed by atoms with Crippen molar-refractivity contribution in [3.63, 3.8) is 0 Å². The molecule has 1 aromatic carbocycles. The lowest BCUT2D eigenvalue weighted by molar-refractivity contribution is -0.136. The number of benzene rings is 1. The van der Waals surface area contributed by atoms with Crippen molar-refractivity contribution in [3.05, 3.63) is 35.6 Å². The van der Waals surface area contributed by atoms with E-state index < -0.39 is 41.7 Å². The average Bonchev–Trinajstić information content (AvgIpc) is 2.87. The molecule has 0 unspecified atom stereocenters. The largest absolute Gasteiger partial charge is 0.325 e. The van der Waals surface area contributed by atoms with E-state index in [2.05, 4.69) is 16.2 Å². The molecule has 0 bridgehead atoms. The second kappa shape index (κ2) is 9.29. The fraction of sp³-hybridized carbons (Fsp3) is 0.474. The summed E-state index contributed by atoms with van der Waals surface area (Å²) in [7, 11) is 0. The summed E-state index contributed by atoms with van der Waals surface area (Å²) in [6.45, 7) is 3.35. The van der Waals surface area contributed by atoms with Gasteiger partial charge in [-0.3, -0.25) is 30.1 Å². The monoisotopic (exact) mass is 392 g/mol. The van der Waals surface area contributed by atoms with E-state index in [1.54, 1.807) is 0 Å². The molecule has 1 aliphatic rings. The van der Waals surface area contributed by atoms with Crippen LogP contribution >= 0.6 is 0 Å². The molecular formula is C19H25FN4O4. The summed E-state index contributed by atoms with van der Waals surface area (Å²) < 4.78 is 12.9. The van der Waals surface area contributed by atoms with Crippen LogP contribution in [0.3, 0.4) is 0 Å². The van der Waals surface area contributed by atoms with Crippen LogP contribution < -0.4 is 16.2 Å². The topological polar surface area (TPSA) is 108 Å². The van der Waals surface area contributed by atoms with Crippen molar-refractivity contribution in [2.24, 2.45) is 0 Å². The van der Waals surface area contributed by atoms with E-state index in [-0.39, 0.29) is 6.42 Å². The van der Waals surface area contributed by atoms with E-state index in [4.69, 9.17) is 0 Å². The zero-order valence-electron chi connectivity index (χ0n) is 16.0. The van der Waals surface area contributed by atoms with Crippen molar-refractivity contribution in [2.75, 3.05) is 6.54 Å². The number of carbonyl (C=O) groups excluding carboxylic acids is 4. The third-order valence-electron chi connectivity index (χ3n) is 4.52. The Labute approximate surface area is 162 Å². The summed E-state index contributed by atoms with van der Waals surface area (Å²) in [5, 5.41) is 2.72. The van der Waals surface area contributed by atoms with Gasteiger partial charge in [0.2, 0.25) is 5.91 Å². The number of halogens is 1. The molecule has 2 rings (SSSR count). The molecule has 1 aliphatic heterocycles. The second-order valence-electron chi connectivity index (χ2n) is 6.80. The van der Waals surface area contributed by atoms with Crippen LogP contribution in [0.15, 0.2) is 24.3 Å². The first-order valence-electron chi connectivity index (χ1n) is 9.27. The van der Waals surface area contributed by atoms with E-state index in [1.807, 2.05) is 13.8 Å². The minimum atomic E-state index is -0.966. The molecule has 8 nitrogen and oxygen atoms in total. The molecule has 0 saturated carbocycles. The molecule has 3 N–H and O–H groups in total. The Balaban J connectivity index is 1.88. The predicted octanol–water partition coefficient (Wildman–Crippen LogP) is 1.41. The van der Waals surface area contributed by atoms with Gasteiger partial charge in [0.05, 0.1) is 6.42 Å². The van der Waals surface area contributed by atoms with Crippen molar-refractivity contribution in [1.29, 1.82) is 0 Å². The van der Waals surface area contributed by atoms with Gasteiger partial charge in [-0.2, -0.15) is 0 Å². The minimum absolute atomic E-state index is 0.0558. The summed E-state index contributed by atoms with van der Waals surface area (Å²) in [5.41, 5.74) is 4.01. The fourth-order valence-electron chi connectivity index (χ4n) is 3.29. The maximum atomic E-state index is 12.9. The standard InChI is InChI=1S/C19H25FN4O4/c1-3-9-19(10-4-2)17(27)24(18(28)21-19)12-16(26)23-22-15(25)11-13-5-7-14(20)8-6-13/h5-8H,3-4,9-12H2,1-2H3,(H,21,28)(H,22,25)(H,23,26). The highest BCUT2D eigenvalue weighted by molar-refractivity contribution is 6.09. The van der Waals surface area contributed by atoms with Gasteiger partial charge < -0.3 is 5.32 Å². The van der Waals surface area contributed by atoms with Crippen molar-refractivity contribution >= 4 is 23.8 Å². The van der Waals surface area contributed by atoms with E-state index in [1.165, 1.54) is 24.3 Å². The number of imide groups is 1. The lowest BCUT2D eigenvalue weighted by Crippen LogP contribution is -2.49. The van der Waals surface area contributed by atoms with Gasteiger partial charge >= 0.3 is 6.03 Å². The van der Waals surface area contributed by atoms with Crippen LogP contribution in [-0.4, -0.2) is 40.7 Å². The summed E-state index contributed by atoms with van der Waals surface area (Å²) in [4.78, 5) is 49.7. The summed E-state index contributed by atoms with van der Waals surface area (Å²) in [6.07, 6.45) is 2.37. The molecule has 0 spiro atoms. The van der Waals surface area contributed by atoms with Crippen molar-refractivity contribution in [1.82, 2.24) is 21.1 Å². The minimum Gasteiger partial charge on any atom is -0.323 e. The van der Waals surface area contributed by atoms with E-state index in [0.29, 0.717) is 31.2 Å². The summed E-state index contributed by atoms with van der Waals surface area (Å²) in [5.74, 6) is -2.04. The molecule has 0 atom stereocenters. The Morgan fingerprint density at radius 3 is 2.18 bits per heavy atom. The van der Waals surface area contributed by atoms with Crippen LogP contribution in [0.1, 0.15) is 45.1 Å². The van der Waals surface area contributed by atoms with Gasteiger partial charge in [-0.1, -0.05) is 38.8 Å². The number of carbonyl (C=O) groups is 4. The van der Waals surface area contributed by atoms with Gasteiger partial charge in [0.15, 0.2) is 0 Å². The van der Waals surface area contributed by atoms with Crippen LogP contribution in [0, 0.1) is 5.82 Å². The lowest BCUT2D eigenvalue weighted by Gasteiger charge is -2.25. The third kappa shape index (κ3) is 5.05. The SMILES string of the molecule is CCCC1(CCC)NC(=O)N(CC(=O)NNC(=O)Cc2ccc(F)cc2)C1=O. The highest BCUT2D eigenvalue weighted by atomic mass is 19.1. The zero-order valence-corrected chi connectivity index (χ0v) is 16.0. The molecule has 1 saturated heterocycles. The molecule has 1 fully saturated rings. The van der Waals surface area contributed by atoms with Crippen molar-refractivity contribution < 1.29 is 23.6 Å². The molecule has 9 heteroatoms. The molecule has 0 radical (unpaired) electrons. The predicted molar refractivity (Wildman–Crippen MR) is 99.2 cm³/mol. The number of amides is 5. The molecule has 1 heterocycles. The Morgan fingerprint density at radius 2 is 1.61 bits per heavy atom. The van der Waals surface area contributed by atoms with E-state index in [9.17, 15) is 23.6 Å². The van der Waals surface area contributed by atoms with Gasteiger partial charge in [0.25, 0.3) is 11.8 Å². The third-order valence-corrected chi connectivity index (χ3v) is 4.52. The second-order valence-corrected chi connectivity index (χ2v) is 6.80. The molecule has 0 aliphatic carbocycles. The maximum Gasteiger partial charge on any atom is 0.325 e. The quantitative estimate of drug-likeness (QED) is 0.459. The lowest BCUT2D eigenvalue weighted by atomic mass is 9.88. The van der Waals surface area contributed by atoms with Gasteiger partial charge in [0, 0.05) is 0 Å². The first-order chi connectivity index (χ1) is 13.3. The molecule has 152 valence electrons. The fourth-order valence-corrected chi connectivity index (χ4v) is 3.29. The van der Waals surface area contributed by atoms with Crippen molar-refractivity contribution in [3.8, 4) is 0 Å². The number of urea groups is 1. The van der Waals surface area contributed by atoms with Gasteiger partial charge in [0.1, 0.15) is 17.9 Å². The highest BCUT2D eigenvalue weighted by Gasteiger charge is 2.50. The van der Waals surface area contributed by atoms with Crippen LogP contribution in [0.2, 0.25) is 0 Å². The van der Waals surface area contributed by atoms with Gasteiger partial charge in [-0.15, -0.1) is 0 Å². The van der Waals surface area contributed by atoms with Gasteiger partial charge in [-0.25, -0.2) is 9.18 Å². The van der Waals surface area contributed by atoms with E-state index in [0.717, 1.165) is 4.90 Å². The smallest absolute Gasteiger partial charge is 0.323 e. The Kier molecular flexibility index (Phi) is 7.08. The van der Waals surface area contributed by atoms with Gasteiger partial charge in [-0.05, 0) is 30.5 Å². The number of nitrogens with one attached hydrogen (secondary N) is 3. The highest BCUT2D eigenvalue weighted by Crippen LogP contribution is 2.27. The molecule has 1 aromatic rings. The normalized spacial score (nSPS) is 15.3. The number of hydrogen-bond acceptors (Lipinski definition) is 4. The Morgan fingerprint density at radius 1 is 1.04 bits per heavy atom. The summed E-state index contributed by atoms with van der Waals surface area (Å²) >= 11 is 0. The van der Waals surface area contributed by atoms with E-state index >= 15 is 0 Å². The number of rotatable bonds is 8. The zero-order chi connectivity index (χ0) is 20.7. The van der Waals surface area contributed by atoms with Crippen LogP contribution in [-0.2, 0) is 20.8 Å². The Bertz CT molecular complexity index is 745. The molecule has 0 aromatic heterocycles. The maximum absolute atomic E-state index is 12.9. The molecular weight excluding hydrogens is 367 g/mol. The molecule has 5 amide bonds. The number of hydrogen-bond donors (Lipinski definition) is 3. The summed E-state index contributed by atoms with van der Waals surface area (Å²) in [6, 6.07) is 4.78. The van der Waals surface area contributed by atoms with Crippen LogP contribution in [0.5, 0.6) is 0 Å². The average molecular weight is 392 g/mol. The Hall–Kier alpha value is -2.97. The number of hydrazine groups is 1. The molecule has 28 heavy (non-hydrogen) atoms. The first kappa shape index (κ1) is 21.3. The number of nitrogens with zero attached hydrogens (tertiary/aromatic N) is 1. The van der Waals surface area contributed by atoms with Crippen LogP contribution in [0.25, 0.3) is 0 Å². The van der Waals surface area contributed by atoms with Crippen LogP contribution in [0.4, 0.5) is 9.18 Å². The van der Waals surface area contributed by atoms with Crippen molar-refractivity contribution in [2.45, 2.75) is 51.5 Å².